The minimum Gasteiger partial charge on any atom is -0.418 e. The molecule has 0 spiro atoms. The first kappa shape index (κ1) is 17.7. The highest BCUT2D eigenvalue weighted by Crippen LogP contribution is 2.20. The summed E-state index contributed by atoms with van der Waals surface area (Å²) in [6.07, 6.45) is 1.59. The zero-order chi connectivity index (χ0) is 18.5. The lowest BCUT2D eigenvalue weighted by atomic mass is 10.2. The summed E-state index contributed by atoms with van der Waals surface area (Å²) in [6.45, 7) is 1.34. The van der Waals surface area contributed by atoms with Gasteiger partial charge in [0.05, 0.1) is 4.92 Å². The van der Waals surface area contributed by atoms with Crippen LogP contribution in [-0.2, 0) is 11.3 Å². The molecule has 1 N–H and O–H groups in total. The Morgan fingerprint density at radius 2 is 2.08 bits per heavy atom. The second-order valence-corrected chi connectivity index (χ2v) is 5.88. The van der Waals surface area contributed by atoms with Gasteiger partial charge in [-0.2, -0.15) is 0 Å². The van der Waals surface area contributed by atoms with Crippen LogP contribution in [0.2, 0.25) is 5.15 Å². The minimum atomic E-state index is -1.02. The third kappa shape index (κ3) is 4.09. The summed E-state index contributed by atoms with van der Waals surface area (Å²) in [5.41, 5.74) is 0.183. The maximum absolute atomic E-state index is 12.4. The molecule has 26 heavy (non-hydrogen) atoms. The smallest absolute Gasteiger partial charge is 0.418 e. The van der Waals surface area contributed by atoms with E-state index in [1.54, 1.807) is 53.6 Å². The van der Waals surface area contributed by atoms with Crippen LogP contribution < -0.4 is 10.1 Å². The topological polar surface area (TPSA) is 97.6 Å². The quantitative estimate of drug-likeness (QED) is 0.214. The van der Waals surface area contributed by atoms with E-state index in [0.717, 1.165) is 5.56 Å². The van der Waals surface area contributed by atoms with Crippen molar-refractivity contribution >= 4 is 17.6 Å². The molecule has 2 aromatic rings. The van der Waals surface area contributed by atoms with Gasteiger partial charge in [0.25, 0.3) is 0 Å². The average molecular weight is 375 g/mol. The fourth-order valence-corrected chi connectivity index (χ4v) is 2.66. The van der Waals surface area contributed by atoms with Gasteiger partial charge in [0.15, 0.2) is 5.82 Å². The van der Waals surface area contributed by atoms with Crippen LogP contribution in [0.1, 0.15) is 5.56 Å². The highest BCUT2D eigenvalue weighted by atomic mass is 35.5. The Morgan fingerprint density at radius 1 is 1.31 bits per heavy atom. The van der Waals surface area contributed by atoms with E-state index in [2.05, 4.69) is 10.3 Å². The van der Waals surface area contributed by atoms with E-state index in [-0.39, 0.29) is 11.6 Å². The fourth-order valence-electron chi connectivity index (χ4n) is 2.55. The Balaban J connectivity index is 1.85. The number of ether oxygens (including phenoxy) is 1. The van der Waals surface area contributed by atoms with E-state index in [1.807, 2.05) is 0 Å². The predicted molar refractivity (Wildman–Crippen MR) is 93.8 cm³/mol. The van der Waals surface area contributed by atoms with Crippen molar-refractivity contribution in [2.45, 2.75) is 6.54 Å². The van der Waals surface area contributed by atoms with E-state index < -0.39 is 16.6 Å². The molecule has 0 amide bonds. The Labute approximate surface area is 154 Å². The normalized spacial score (nSPS) is 15.3. The summed E-state index contributed by atoms with van der Waals surface area (Å²) in [6, 6.07) is 11.6. The van der Waals surface area contributed by atoms with Crippen LogP contribution in [-0.4, -0.2) is 33.9 Å². The number of esters is 1. The molecule has 1 aromatic carbocycles. The molecule has 8 nitrogen and oxygen atoms in total. The molecule has 1 aliphatic heterocycles. The lowest BCUT2D eigenvalue weighted by Crippen LogP contribution is -2.29. The first-order valence-corrected chi connectivity index (χ1v) is 8.17. The van der Waals surface area contributed by atoms with Crippen molar-refractivity contribution in [3.8, 4) is 5.75 Å². The average Bonchev–Trinajstić information content (AvgIpc) is 3.05. The van der Waals surface area contributed by atoms with Crippen molar-refractivity contribution in [3.05, 3.63) is 81.0 Å². The highest BCUT2D eigenvalue weighted by Gasteiger charge is 2.35. The van der Waals surface area contributed by atoms with Crippen LogP contribution in [0.15, 0.2) is 60.2 Å². The number of carbonyl (C=O) groups is 1. The van der Waals surface area contributed by atoms with Crippen molar-refractivity contribution in [3.63, 3.8) is 0 Å². The molecule has 1 aromatic heterocycles. The summed E-state index contributed by atoms with van der Waals surface area (Å²) in [4.78, 5) is 28.8. The number of nitrogens with one attached hydrogen (secondary N) is 1. The minimum absolute atomic E-state index is 0.130. The number of halogens is 1. The maximum Gasteiger partial charge on any atom is 0.419 e. The molecular weight excluding hydrogens is 360 g/mol. The van der Waals surface area contributed by atoms with Crippen LogP contribution in [0, 0.1) is 10.1 Å². The Bertz CT molecular complexity index is 840. The van der Waals surface area contributed by atoms with Crippen LogP contribution in [0.25, 0.3) is 0 Å². The molecule has 9 heteroatoms. The standard InChI is InChI=1S/C17H15ClN4O4/c18-14-7-6-12(10-20-14)11-21-9-8-19-16(21)15(22(24)25)17(23)26-13-4-2-1-3-5-13/h1-7,10,19H,8-9,11H2. The highest BCUT2D eigenvalue weighted by molar-refractivity contribution is 6.29. The number of para-hydroxylation sites is 1. The van der Waals surface area contributed by atoms with Crippen LogP contribution in [0.5, 0.6) is 5.75 Å². The summed E-state index contributed by atoms with van der Waals surface area (Å²) < 4.78 is 5.13. The van der Waals surface area contributed by atoms with E-state index >= 15 is 0 Å². The first-order valence-electron chi connectivity index (χ1n) is 7.80. The third-order valence-corrected chi connectivity index (χ3v) is 3.93. The van der Waals surface area contributed by atoms with Crippen molar-refractivity contribution in [1.29, 1.82) is 0 Å². The fraction of sp³-hybridized carbons (Fsp3) is 0.176. The summed E-state index contributed by atoms with van der Waals surface area (Å²) in [5, 5.41) is 14.8. The van der Waals surface area contributed by atoms with Gasteiger partial charge in [-0.25, -0.2) is 9.78 Å². The molecule has 0 aliphatic carbocycles. The Hall–Kier alpha value is -3.13. The largest absolute Gasteiger partial charge is 0.419 e. The number of pyridine rings is 1. The number of benzene rings is 1. The van der Waals surface area contributed by atoms with Gasteiger partial charge >= 0.3 is 11.7 Å². The lowest BCUT2D eigenvalue weighted by molar-refractivity contribution is -0.423. The molecule has 2 heterocycles. The van der Waals surface area contributed by atoms with E-state index in [9.17, 15) is 14.9 Å². The molecule has 3 rings (SSSR count). The van der Waals surface area contributed by atoms with Gasteiger partial charge < -0.3 is 15.0 Å². The zero-order valence-corrected chi connectivity index (χ0v) is 14.3. The van der Waals surface area contributed by atoms with Gasteiger partial charge in [-0.1, -0.05) is 35.9 Å². The molecule has 134 valence electrons. The summed E-state index contributed by atoms with van der Waals surface area (Å²) in [7, 11) is 0. The zero-order valence-electron chi connectivity index (χ0n) is 13.6. The molecular formula is C17H15ClN4O4. The second-order valence-electron chi connectivity index (χ2n) is 5.49. The number of nitrogens with zero attached hydrogens (tertiary/aromatic N) is 3. The third-order valence-electron chi connectivity index (χ3n) is 3.71. The van der Waals surface area contributed by atoms with Crippen molar-refractivity contribution < 1.29 is 14.5 Å². The molecule has 1 saturated heterocycles. The summed E-state index contributed by atoms with van der Waals surface area (Å²) in [5.74, 6) is -0.653. The Kier molecular flexibility index (Phi) is 5.33. The van der Waals surface area contributed by atoms with Crippen molar-refractivity contribution in [1.82, 2.24) is 15.2 Å². The van der Waals surface area contributed by atoms with Crippen molar-refractivity contribution in [2.24, 2.45) is 0 Å². The number of aromatic nitrogens is 1. The van der Waals surface area contributed by atoms with Crippen molar-refractivity contribution in [2.75, 3.05) is 13.1 Å². The molecule has 0 radical (unpaired) electrons. The number of hydrogen-bond donors (Lipinski definition) is 1. The SMILES string of the molecule is O=C(Oc1ccccc1)C(=C1NCCN1Cc1ccc(Cl)nc1)[N+](=O)[O-]. The number of carbonyl (C=O) groups excluding carboxylic acids is 1. The predicted octanol–water partition coefficient (Wildman–Crippen LogP) is 2.19. The monoisotopic (exact) mass is 374 g/mol. The lowest BCUT2D eigenvalue weighted by Gasteiger charge is -2.18. The van der Waals surface area contributed by atoms with Gasteiger partial charge in [-0.05, 0) is 23.8 Å². The number of rotatable bonds is 5. The van der Waals surface area contributed by atoms with E-state index in [1.165, 1.54) is 0 Å². The Morgan fingerprint density at radius 3 is 2.73 bits per heavy atom. The molecule has 1 aliphatic rings. The number of nitro groups is 1. The van der Waals surface area contributed by atoms with Crippen LogP contribution in [0.3, 0.4) is 0 Å². The van der Waals surface area contributed by atoms with Gasteiger partial charge in [0, 0.05) is 25.8 Å². The molecule has 0 unspecified atom stereocenters. The van der Waals surface area contributed by atoms with E-state index in [0.29, 0.717) is 24.8 Å². The molecule has 1 fully saturated rings. The molecule has 0 saturated carbocycles. The molecule has 0 atom stereocenters. The summed E-state index contributed by atoms with van der Waals surface area (Å²) >= 11 is 5.77. The van der Waals surface area contributed by atoms with Gasteiger partial charge in [-0.3, -0.25) is 10.1 Å². The van der Waals surface area contributed by atoms with Gasteiger partial charge in [-0.15, -0.1) is 0 Å². The van der Waals surface area contributed by atoms with Crippen LogP contribution in [0.4, 0.5) is 0 Å². The number of hydrogen-bond acceptors (Lipinski definition) is 7. The van der Waals surface area contributed by atoms with E-state index in [4.69, 9.17) is 16.3 Å². The maximum atomic E-state index is 12.4. The molecule has 0 bridgehead atoms. The van der Waals surface area contributed by atoms with Gasteiger partial charge in [0.1, 0.15) is 10.9 Å². The van der Waals surface area contributed by atoms with Gasteiger partial charge in [0.2, 0.25) is 0 Å². The second kappa shape index (κ2) is 7.83. The van der Waals surface area contributed by atoms with Crippen LogP contribution >= 0.6 is 11.6 Å². The first-order chi connectivity index (χ1) is 12.5.